The number of para-hydroxylation sites is 1. The molecule has 162 valence electrons. The predicted molar refractivity (Wildman–Crippen MR) is 114 cm³/mol. The highest BCUT2D eigenvalue weighted by molar-refractivity contribution is 5.96. The molecule has 3 fully saturated rings. The van der Waals surface area contributed by atoms with Gasteiger partial charge in [-0.25, -0.2) is 20.4 Å². The van der Waals surface area contributed by atoms with Crippen LogP contribution < -0.4 is 20.5 Å². The number of hydrogen-bond donors (Lipinski definition) is 2. The number of benzene rings is 1. The zero-order valence-corrected chi connectivity index (χ0v) is 18.0. The van der Waals surface area contributed by atoms with Gasteiger partial charge in [0.15, 0.2) is 0 Å². The molecule has 1 aliphatic carbocycles. The molecule has 31 heavy (non-hydrogen) atoms. The van der Waals surface area contributed by atoms with Gasteiger partial charge in [-0.2, -0.15) is 0 Å². The zero-order chi connectivity index (χ0) is 21.7. The summed E-state index contributed by atoms with van der Waals surface area (Å²) in [5.41, 5.74) is 5.91. The second-order valence-corrected chi connectivity index (χ2v) is 8.78. The van der Waals surface area contributed by atoms with E-state index in [4.69, 9.17) is 4.74 Å². The van der Waals surface area contributed by atoms with Crippen LogP contribution in [0.1, 0.15) is 35.7 Å². The highest BCUT2D eigenvalue weighted by Crippen LogP contribution is 2.47. The number of nitrogens with one attached hydrogen (secondary N) is 2. The Bertz CT molecular complexity index is 1020. The maximum atomic E-state index is 13.5. The highest BCUT2D eigenvalue weighted by atomic mass is 16.5. The third-order valence-corrected chi connectivity index (χ3v) is 6.84. The van der Waals surface area contributed by atoms with E-state index in [1.165, 1.54) is 5.01 Å². The molecule has 2 aromatic rings. The minimum Gasteiger partial charge on any atom is -0.496 e. The Balaban J connectivity index is 1.46. The monoisotopic (exact) mass is 421 g/mol. The number of piperidine rings is 1. The van der Waals surface area contributed by atoms with Gasteiger partial charge in [0, 0.05) is 30.3 Å². The van der Waals surface area contributed by atoms with Crippen LogP contribution in [0.3, 0.4) is 0 Å². The Morgan fingerprint density at radius 2 is 1.87 bits per heavy atom. The van der Waals surface area contributed by atoms with Gasteiger partial charge in [-0.1, -0.05) is 18.2 Å². The van der Waals surface area contributed by atoms with Crippen molar-refractivity contribution in [2.45, 2.75) is 38.8 Å². The van der Waals surface area contributed by atoms with Gasteiger partial charge in [-0.15, -0.1) is 0 Å². The lowest BCUT2D eigenvalue weighted by atomic mass is 9.64. The first kappa shape index (κ1) is 20.1. The smallest absolute Gasteiger partial charge is 0.250 e. The number of aryl methyl sites for hydroxylation is 2. The summed E-state index contributed by atoms with van der Waals surface area (Å²) in [5, 5.41) is 4.83. The summed E-state index contributed by atoms with van der Waals surface area (Å²) in [6.07, 6.45) is 1.02. The van der Waals surface area contributed by atoms with E-state index in [1.54, 1.807) is 7.11 Å². The topological polar surface area (TPSA) is 96.5 Å². The molecule has 2 N–H and O–H groups in total. The number of ether oxygens (including phenoxy) is 1. The molecule has 1 aromatic carbocycles. The lowest BCUT2D eigenvalue weighted by Gasteiger charge is -2.43. The Morgan fingerprint density at radius 3 is 2.61 bits per heavy atom. The van der Waals surface area contributed by atoms with E-state index in [-0.39, 0.29) is 41.5 Å². The van der Waals surface area contributed by atoms with Gasteiger partial charge < -0.3 is 4.74 Å². The molecule has 8 nitrogen and oxygen atoms in total. The number of rotatable bonds is 3. The molecule has 3 heterocycles. The van der Waals surface area contributed by atoms with Crippen LogP contribution in [-0.2, 0) is 9.59 Å². The molecule has 0 radical (unpaired) electrons. The second-order valence-electron chi connectivity index (χ2n) is 8.78. The van der Waals surface area contributed by atoms with Gasteiger partial charge in [-0.05, 0) is 49.8 Å². The first-order valence-corrected chi connectivity index (χ1v) is 10.8. The quantitative estimate of drug-likeness (QED) is 0.781. The highest BCUT2D eigenvalue weighted by Gasteiger charge is 2.54. The molecule has 8 heteroatoms. The largest absolute Gasteiger partial charge is 0.496 e. The second kappa shape index (κ2) is 7.69. The minimum atomic E-state index is -0.343. The number of carbonyl (C=O) groups is 2. The van der Waals surface area contributed by atoms with Crippen molar-refractivity contribution in [1.82, 2.24) is 20.7 Å². The zero-order valence-electron chi connectivity index (χ0n) is 18.0. The van der Waals surface area contributed by atoms with Crippen molar-refractivity contribution in [1.29, 1.82) is 0 Å². The number of Topliss-reactive ketones (excluding diaryl/α,β-unsaturated/α-hetero) is 1. The van der Waals surface area contributed by atoms with Crippen LogP contribution in [0.15, 0.2) is 30.3 Å². The number of methoxy groups -OCH3 is 1. The van der Waals surface area contributed by atoms with Crippen LogP contribution in [0.4, 0.5) is 5.95 Å². The van der Waals surface area contributed by atoms with Gasteiger partial charge in [0.2, 0.25) is 11.9 Å². The van der Waals surface area contributed by atoms with Crippen LogP contribution in [0, 0.1) is 31.6 Å². The van der Waals surface area contributed by atoms with E-state index in [9.17, 15) is 9.59 Å². The predicted octanol–water partition coefficient (Wildman–Crippen LogP) is 1.88. The summed E-state index contributed by atoms with van der Waals surface area (Å²) < 4.78 is 5.55. The average molecular weight is 422 g/mol. The van der Waals surface area contributed by atoms with Gasteiger partial charge >= 0.3 is 0 Å². The van der Waals surface area contributed by atoms with E-state index < -0.39 is 0 Å². The number of hydrogen-bond acceptors (Lipinski definition) is 7. The van der Waals surface area contributed by atoms with Crippen molar-refractivity contribution in [2.75, 3.05) is 18.7 Å². The van der Waals surface area contributed by atoms with Crippen molar-refractivity contribution in [3.63, 3.8) is 0 Å². The van der Waals surface area contributed by atoms with Gasteiger partial charge in [0.25, 0.3) is 0 Å². The summed E-state index contributed by atoms with van der Waals surface area (Å²) in [7, 11) is 1.65. The van der Waals surface area contributed by atoms with Gasteiger partial charge in [0.05, 0.1) is 19.2 Å². The molecule has 5 unspecified atom stereocenters. The Kier molecular flexibility index (Phi) is 4.98. The Hall–Kier alpha value is -2.84. The molecule has 3 aliphatic rings. The average Bonchev–Trinajstić information content (AvgIpc) is 3.10. The Labute approximate surface area is 181 Å². The third-order valence-electron chi connectivity index (χ3n) is 6.84. The molecule has 0 spiro atoms. The summed E-state index contributed by atoms with van der Waals surface area (Å²) in [5.74, 6) is 0.797. The lowest BCUT2D eigenvalue weighted by Crippen LogP contribution is -2.57. The summed E-state index contributed by atoms with van der Waals surface area (Å²) >= 11 is 0. The Morgan fingerprint density at radius 1 is 1.13 bits per heavy atom. The van der Waals surface area contributed by atoms with Crippen LogP contribution in [0.2, 0.25) is 0 Å². The SMILES string of the molecule is COc1ccccc1C1CC(=O)C2CNC3NN(c4nc(C)cc(C)n4)C(=O)C3C2C1. The number of ketones is 1. The van der Waals surface area contributed by atoms with Crippen LogP contribution in [0.25, 0.3) is 0 Å². The number of hydrazine groups is 1. The normalized spacial score (nSPS) is 30.2. The standard InChI is InChI=1S/C23H27N5O3/c1-12-8-13(2)26-23(25-12)28-22(30)20-16-9-14(15-6-4-5-7-19(15)31-3)10-18(29)17(16)11-24-21(20)27-28/h4-8,14,16-17,20-21,24,27H,9-11H2,1-3H3. The fourth-order valence-electron chi connectivity index (χ4n) is 5.51. The first-order chi connectivity index (χ1) is 15.0. The van der Waals surface area contributed by atoms with Gasteiger partial charge in [0.1, 0.15) is 11.5 Å². The van der Waals surface area contributed by atoms with Crippen molar-refractivity contribution in [3.05, 3.63) is 47.3 Å². The van der Waals surface area contributed by atoms with Crippen LogP contribution in [0.5, 0.6) is 5.75 Å². The molecule has 1 aromatic heterocycles. The fourth-order valence-corrected chi connectivity index (χ4v) is 5.51. The number of fused-ring (bicyclic) bond motifs is 3. The van der Waals surface area contributed by atoms with Crippen LogP contribution >= 0.6 is 0 Å². The number of anilines is 1. The van der Waals surface area contributed by atoms with E-state index in [2.05, 4.69) is 20.7 Å². The minimum absolute atomic E-state index is 0.0432. The summed E-state index contributed by atoms with van der Waals surface area (Å²) in [4.78, 5) is 35.5. The molecule has 1 saturated carbocycles. The van der Waals surface area contributed by atoms with E-state index in [1.807, 2.05) is 44.2 Å². The summed E-state index contributed by atoms with van der Waals surface area (Å²) in [6, 6.07) is 9.74. The molecule has 5 atom stereocenters. The number of amides is 1. The van der Waals surface area contributed by atoms with Gasteiger partial charge in [-0.3, -0.25) is 14.9 Å². The molecule has 5 rings (SSSR count). The molecular weight excluding hydrogens is 394 g/mol. The molecule has 2 saturated heterocycles. The maximum Gasteiger partial charge on any atom is 0.250 e. The van der Waals surface area contributed by atoms with Crippen molar-refractivity contribution in [3.8, 4) is 5.75 Å². The lowest BCUT2D eigenvalue weighted by molar-refractivity contribution is -0.133. The number of nitrogens with zero attached hydrogens (tertiary/aromatic N) is 3. The van der Waals surface area contributed by atoms with E-state index >= 15 is 0 Å². The molecule has 2 aliphatic heterocycles. The van der Waals surface area contributed by atoms with Crippen molar-refractivity contribution >= 4 is 17.6 Å². The van der Waals surface area contributed by atoms with Crippen molar-refractivity contribution in [2.24, 2.45) is 17.8 Å². The molecule has 1 amide bonds. The molecular formula is C23H27N5O3. The van der Waals surface area contributed by atoms with E-state index in [0.717, 1.165) is 29.1 Å². The van der Waals surface area contributed by atoms with Crippen molar-refractivity contribution < 1.29 is 14.3 Å². The molecule has 0 bridgehead atoms. The number of aromatic nitrogens is 2. The third kappa shape index (κ3) is 3.40. The van der Waals surface area contributed by atoms with Crippen LogP contribution in [-0.4, -0.2) is 41.5 Å². The number of carbonyl (C=O) groups excluding carboxylic acids is 2. The maximum absolute atomic E-state index is 13.5. The summed E-state index contributed by atoms with van der Waals surface area (Å²) in [6.45, 7) is 4.35. The fraction of sp³-hybridized carbons (Fsp3) is 0.478. The van der Waals surface area contributed by atoms with E-state index in [0.29, 0.717) is 18.9 Å². The first-order valence-electron chi connectivity index (χ1n) is 10.8.